The Kier molecular flexibility index (Phi) is 16.0. The number of hydrogen-bond acceptors (Lipinski definition) is 0. The van der Waals surface area contributed by atoms with Crippen LogP contribution in [0.2, 0.25) is 0 Å². The van der Waals surface area contributed by atoms with Crippen molar-refractivity contribution >= 4 is 0 Å². The minimum atomic E-state index is 0. The van der Waals surface area contributed by atoms with Crippen molar-refractivity contribution in [2.75, 3.05) is 0 Å². The predicted molar refractivity (Wildman–Crippen MR) is 19.9 cm³/mol. The second-order valence-electron chi connectivity index (χ2n) is 0.471. The van der Waals surface area contributed by atoms with E-state index in [1.54, 1.807) is 12.2 Å². The van der Waals surface area contributed by atoms with Crippen molar-refractivity contribution in [1.82, 2.24) is 0 Å². The maximum absolute atomic E-state index is 3.36. The maximum Gasteiger partial charge on any atom is 2.00 e. The van der Waals surface area contributed by atoms with Crippen LogP contribution < -0.4 is 0 Å². The molecule has 0 spiro atoms. The summed E-state index contributed by atoms with van der Waals surface area (Å²) in [5, 5.41) is 0. The monoisotopic (exact) mass is 144 g/mol. The third-order valence-corrected chi connectivity index (χ3v) is 0.167. The van der Waals surface area contributed by atoms with Crippen LogP contribution in [0.5, 0.6) is 0 Å². The van der Waals surface area contributed by atoms with Gasteiger partial charge in [-0.15, -0.1) is 0 Å². The molecule has 0 radical (unpaired) electrons. The van der Waals surface area contributed by atoms with Gasteiger partial charge in [0.2, 0.25) is 0 Å². The molecule has 26 valence electrons. The predicted octanol–water partition coefficient (Wildman–Crippen LogP) is 1.21. The zero-order valence-corrected chi connectivity index (χ0v) is 5.53. The number of rotatable bonds is 0. The van der Waals surface area contributed by atoms with E-state index >= 15 is 0 Å². The first kappa shape index (κ1) is 9.03. The fourth-order valence-corrected chi connectivity index (χ4v) is 0. The second-order valence-corrected chi connectivity index (χ2v) is 0.471. The normalized spacial score (nSPS) is 7.20. The third-order valence-electron chi connectivity index (χ3n) is 0.167. The molecule has 0 heterocycles. The van der Waals surface area contributed by atoms with Crippen LogP contribution in [0.25, 0.3) is 0 Å². The average molecular weight is 145 g/mol. The summed E-state index contributed by atoms with van der Waals surface area (Å²) in [6.07, 6.45) is 3.28. The van der Waals surface area contributed by atoms with Crippen LogP contribution in [0.15, 0.2) is 12.2 Å². The summed E-state index contributed by atoms with van der Waals surface area (Å²) in [4.78, 5) is 0. The van der Waals surface area contributed by atoms with E-state index in [1.165, 1.54) is 0 Å². The van der Waals surface area contributed by atoms with Crippen LogP contribution in [-0.2, 0) is 26.2 Å². The van der Waals surface area contributed by atoms with Crippen LogP contribution in [0.3, 0.4) is 0 Å². The Morgan fingerprint density at radius 3 is 1.20 bits per heavy atom. The molecule has 0 nitrogen and oxygen atoms in total. The Morgan fingerprint density at radius 2 is 1.20 bits per heavy atom. The molecule has 0 aliphatic carbocycles. The molecule has 1 heteroatoms. The summed E-state index contributed by atoms with van der Waals surface area (Å²) in [5.41, 5.74) is 0. The fourth-order valence-electron chi connectivity index (χ4n) is 0. The SMILES string of the molecule is [CH2-]C=C[CH2-].[Zr+2]. The molecule has 0 N–H and O–H groups in total. The van der Waals surface area contributed by atoms with Crippen molar-refractivity contribution in [3.63, 3.8) is 0 Å². The van der Waals surface area contributed by atoms with E-state index in [0.717, 1.165) is 0 Å². The van der Waals surface area contributed by atoms with Crippen LogP contribution >= 0.6 is 0 Å². The van der Waals surface area contributed by atoms with Crippen LogP contribution in [0, 0.1) is 13.8 Å². The molecule has 0 aliphatic rings. The van der Waals surface area contributed by atoms with Gasteiger partial charge < -0.3 is 26.0 Å². The molecule has 0 aromatic carbocycles. The Hall–Kier alpha value is 0.363. The summed E-state index contributed by atoms with van der Waals surface area (Å²) in [6.45, 7) is 6.72. The second kappa shape index (κ2) is 8.84. The zero-order valence-electron chi connectivity index (χ0n) is 3.07. The Morgan fingerprint density at radius 1 is 1.00 bits per heavy atom. The van der Waals surface area contributed by atoms with Gasteiger partial charge in [0.15, 0.2) is 0 Å². The van der Waals surface area contributed by atoms with Crippen LogP contribution in [0.4, 0.5) is 0 Å². The summed E-state index contributed by atoms with van der Waals surface area (Å²) in [5.74, 6) is 0. The van der Waals surface area contributed by atoms with Gasteiger partial charge in [-0.2, -0.15) is 0 Å². The first-order chi connectivity index (χ1) is 1.91. The van der Waals surface area contributed by atoms with E-state index < -0.39 is 0 Å². The average Bonchev–Trinajstić information content (AvgIpc) is 1.37. The molecule has 0 amide bonds. The van der Waals surface area contributed by atoms with E-state index in [2.05, 4.69) is 13.8 Å². The van der Waals surface area contributed by atoms with E-state index in [0.29, 0.717) is 0 Å². The zero-order chi connectivity index (χ0) is 3.41. The molecule has 0 bridgehead atoms. The van der Waals surface area contributed by atoms with E-state index in [9.17, 15) is 0 Å². The van der Waals surface area contributed by atoms with Gasteiger partial charge in [-0.1, -0.05) is 0 Å². The van der Waals surface area contributed by atoms with Gasteiger partial charge in [-0.3, -0.25) is 0 Å². The molecular weight excluding hydrogens is 139 g/mol. The molecule has 0 rings (SSSR count). The molecule has 0 saturated heterocycles. The summed E-state index contributed by atoms with van der Waals surface area (Å²) in [7, 11) is 0. The van der Waals surface area contributed by atoms with E-state index in [4.69, 9.17) is 0 Å². The Labute approximate surface area is 52.4 Å². The maximum atomic E-state index is 3.36. The van der Waals surface area contributed by atoms with Crippen LogP contribution in [-0.4, -0.2) is 0 Å². The topological polar surface area (TPSA) is 0 Å². The number of allylic oxidation sites excluding steroid dienone is 2. The first-order valence-corrected chi connectivity index (χ1v) is 1.15. The molecule has 0 aromatic heterocycles. The standard InChI is InChI=1S/C4H6.Zr/c1-3-4-2;/h3-4H,1-2H2;/q-2;+2. The van der Waals surface area contributed by atoms with Gasteiger partial charge in [0.05, 0.1) is 0 Å². The van der Waals surface area contributed by atoms with Crippen molar-refractivity contribution in [2.45, 2.75) is 0 Å². The van der Waals surface area contributed by atoms with Crippen LogP contribution in [0.1, 0.15) is 0 Å². The van der Waals surface area contributed by atoms with Gasteiger partial charge in [0.25, 0.3) is 0 Å². The molecule has 5 heavy (non-hydrogen) atoms. The Bertz CT molecular complexity index is 18.8. The largest absolute Gasteiger partial charge is 2.00 e. The van der Waals surface area contributed by atoms with Crippen molar-refractivity contribution < 1.29 is 26.2 Å². The Balaban J connectivity index is 0. The smallest absolute Gasteiger partial charge is 0.382 e. The first-order valence-electron chi connectivity index (χ1n) is 1.15. The molecule has 0 aromatic rings. The minimum absolute atomic E-state index is 0. The third kappa shape index (κ3) is 13.1. The molecule has 0 fully saturated rings. The molecule has 0 unspecified atom stereocenters. The van der Waals surface area contributed by atoms with Gasteiger partial charge in [-0.05, 0) is 0 Å². The molecule has 0 atom stereocenters. The van der Waals surface area contributed by atoms with E-state index in [-0.39, 0.29) is 26.2 Å². The van der Waals surface area contributed by atoms with Gasteiger partial charge in [0.1, 0.15) is 0 Å². The van der Waals surface area contributed by atoms with Crippen molar-refractivity contribution in [1.29, 1.82) is 0 Å². The summed E-state index contributed by atoms with van der Waals surface area (Å²) >= 11 is 0. The summed E-state index contributed by atoms with van der Waals surface area (Å²) < 4.78 is 0. The van der Waals surface area contributed by atoms with Gasteiger partial charge in [0, 0.05) is 0 Å². The van der Waals surface area contributed by atoms with Crippen molar-refractivity contribution in [2.24, 2.45) is 0 Å². The van der Waals surface area contributed by atoms with Crippen molar-refractivity contribution in [3.05, 3.63) is 26.0 Å². The van der Waals surface area contributed by atoms with Gasteiger partial charge >= 0.3 is 26.2 Å². The summed E-state index contributed by atoms with van der Waals surface area (Å²) in [6, 6.07) is 0. The molecular formula is C4H6Zr. The fraction of sp³-hybridized carbons (Fsp3) is 0. The molecule has 0 aliphatic heterocycles. The number of hydrogen-bond donors (Lipinski definition) is 0. The quantitative estimate of drug-likeness (QED) is 0.449. The van der Waals surface area contributed by atoms with E-state index in [1.807, 2.05) is 0 Å². The van der Waals surface area contributed by atoms with Crippen molar-refractivity contribution in [3.8, 4) is 0 Å². The molecule has 0 saturated carbocycles. The minimum Gasteiger partial charge on any atom is -0.382 e. The van der Waals surface area contributed by atoms with Gasteiger partial charge in [-0.25, -0.2) is 0 Å².